The van der Waals surface area contributed by atoms with Crippen molar-refractivity contribution in [1.29, 1.82) is 0 Å². The van der Waals surface area contributed by atoms with Crippen molar-refractivity contribution in [3.8, 4) is 0 Å². The van der Waals surface area contributed by atoms with Crippen molar-refractivity contribution in [3.63, 3.8) is 0 Å². The van der Waals surface area contributed by atoms with Crippen LogP contribution >= 0.6 is 15.6 Å². The highest BCUT2D eigenvalue weighted by Crippen LogP contribution is 2.45. The van der Waals surface area contributed by atoms with Crippen LogP contribution in [0.15, 0.2) is 0 Å². The topological polar surface area (TPSA) is 237 Å². The zero-order valence-electron chi connectivity index (χ0n) is 54.9. The Morgan fingerprint density at radius 2 is 0.541 bits per heavy atom. The van der Waals surface area contributed by atoms with E-state index in [-0.39, 0.29) is 25.7 Å². The standard InChI is InChI=1S/C66H128O17P2/c1-7-9-11-13-14-15-16-17-18-19-20-21-22-23-24-27-31-38-44-50-65(70)82-62(55-77-64(69)49-43-37-30-28-25-26-29-35-40-46-58(3)4)57-81-85(74,75)79-53-60(67)52-78-84(72,73)80-56-61(54-76-63(68)48-42-34-12-10-8-2)83-66(71)51-45-39-33-32-36-41-47-59(5)6/h58-62,67H,7-57H2,1-6H3,(H,72,73)(H,74,75)/t60-,61+,62+/m0/s1. The average molecular weight is 1260 g/mol. The SMILES string of the molecule is CCCCCCCCCCCCCCCCCCCCCC(=O)O[C@H](COC(=O)CCCCCCCCCCCC(C)C)COP(=O)(O)OC[C@@H](O)COP(=O)(O)OC[C@@H](COC(=O)CCCCCCC)OC(=O)CCCCCCCCC(C)C. The summed E-state index contributed by atoms with van der Waals surface area (Å²) in [6, 6.07) is 0. The van der Waals surface area contributed by atoms with Gasteiger partial charge in [0.2, 0.25) is 0 Å². The summed E-state index contributed by atoms with van der Waals surface area (Å²) in [4.78, 5) is 72.0. The molecule has 0 amide bonds. The molecule has 3 N–H and O–H groups in total. The molecule has 2 unspecified atom stereocenters. The fourth-order valence-corrected chi connectivity index (χ4v) is 11.5. The molecule has 5 atom stereocenters. The highest BCUT2D eigenvalue weighted by molar-refractivity contribution is 7.47. The number of hydrogen-bond donors (Lipinski definition) is 3. The summed E-state index contributed by atoms with van der Waals surface area (Å²) >= 11 is 0. The average Bonchev–Trinajstić information content (AvgIpc) is 3.61. The molecular formula is C66H128O17P2. The molecule has 0 saturated carbocycles. The van der Waals surface area contributed by atoms with Crippen LogP contribution in [0.1, 0.15) is 330 Å². The smallest absolute Gasteiger partial charge is 0.462 e. The second kappa shape index (κ2) is 58.4. The van der Waals surface area contributed by atoms with Crippen LogP contribution < -0.4 is 0 Å². The van der Waals surface area contributed by atoms with Gasteiger partial charge in [0, 0.05) is 25.7 Å². The lowest BCUT2D eigenvalue weighted by Gasteiger charge is -2.21. The van der Waals surface area contributed by atoms with Gasteiger partial charge in [-0.15, -0.1) is 0 Å². The molecule has 0 spiro atoms. The second-order valence-electron chi connectivity index (χ2n) is 24.8. The summed E-state index contributed by atoms with van der Waals surface area (Å²) in [6.45, 7) is 9.31. The predicted octanol–water partition coefficient (Wildman–Crippen LogP) is 18.4. The van der Waals surface area contributed by atoms with Gasteiger partial charge in [-0.3, -0.25) is 37.3 Å². The van der Waals surface area contributed by atoms with Crippen LogP contribution in [-0.4, -0.2) is 96.7 Å². The number of aliphatic hydroxyl groups excluding tert-OH is 1. The van der Waals surface area contributed by atoms with Gasteiger partial charge in [-0.05, 0) is 37.5 Å². The normalized spacial score (nSPS) is 14.2. The van der Waals surface area contributed by atoms with Gasteiger partial charge in [-0.25, -0.2) is 9.13 Å². The van der Waals surface area contributed by atoms with Crippen molar-refractivity contribution in [2.24, 2.45) is 11.8 Å². The van der Waals surface area contributed by atoms with Crippen LogP contribution in [0.2, 0.25) is 0 Å². The van der Waals surface area contributed by atoms with Crippen molar-refractivity contribution < 1.29 is 80.2 Å². The first-order valence-corrected chi connectivity index (χ1v) is 37.5. The number of ether oxygens (including phenoxy) is 4. The van der Waals surface area contributed by atoms with E-state index in [9.17, 15) is 43.2 Å². The summed E-state index contributed by atoms with van der Waals surface area (Å²) in [5, 5.41) is 10.5. The Bertz CT molecular complexity index is 1670. The number of aliphatic hydroxyl groups is 1. The third kappa shape index (κ3) is 60.7. The molecule has 0 aromatic rings. The minimum atomic E-state index is -4.95. The molecule has 0 aliphatic heterocycles. The largest absolute Gasteiger partial charge is 0.472 e. The van der Waals surface area contributed by atoms with Crippen LogP contribution in [-0.2, 0) is 65.4 Å². The van der Waals surface area contributed by atoms with Crippen molar-refractivity contribution in [2.45, 2.75) is 349 Å². The molecule has 19 heteroatoms. The third-order valence-corrected chi connectivity index (χ3v) is 17.1. The maximum atomic E-state index is 13.0. The molecule has 0 aliphatic rings. The Balaban J connectivity index is 5.13. The number of phosphoric acid groups is 2. The highest BCUT2D eigenvalue weighted by Gasteiger charge is 2.30. The first-order chi connectivity index (χ1) is 40.9. The number of rotatable bonds is 65. The second-order valence-corrected chi connectivity index (χ2v) is 27.7. The van der Waals surface area contributed by atoms with E-state index in [0.29, 0.717) is 31.6 Å². The summed E-state index contributed by atoms with van der Waals surface area (Å²) in [5.74, 6) is -0.733. The zero-order chi connectivity index (χ0) is 62.9. The van der Waals surface area contributed by atoms with Gasteiger partial charge in [0.1, 0.15) is 19.3 Å². The maximum Gasteiger partial charge on any atom is 0.472 e. The van der Waals surface area contributed by atoms with E-state index in [2.05, 4.69) is 41.5 Å². The summed E-state index contributed by atoms with van der Waals surface area (Å²) < 4.78 is 67.8. The number of phosphoric ester groups is 2. The van der Waals surface area contributed by atoms with E-state index in [0.717, 1.165) is 102 Å². The monoisotopic (exact) mass is 1250 g/mol. The van der Waals surface area contributed by atoms with Gasteiger partial charge in [0.15, 0.2) is 12.2 Å². The van der Waals surface area contributed by atoms with Gasteiger partial charge in [-0.1, -0.05) is 279 Å². The zero-order valence-corrected chi connectivity index (χ0v) is 56.7. The molecule has 0 radical (unpaired) electrons. The molecule has 0 aromatic heterocycles. The minimum absolute atomic E-state index is 0.101. The van der Waals surface area contributed by atoms with E-state index in [1.54, 1.807) is 0 Å². The lowest BCUT2D eigenvalue weighted by atomic mass is 10.0. The van der Waals surface area contributed by atoms with Crippen LogP contribution in [0.5, 0.6) is 0 Å². The molecule has 0 bridgehead atoms. The molecule has 17 nitrogen and oxygen atoms in total. The lowest BCUT2D eigenvalue weighted by molar-refractivity contribution is -0.161. The first-order valence-electron chi connectivity index (χ1n) is 34.5. The maximum absolute atomic E-state index is 13.0. The molecule has 0 aliphatic carbocycles. The van der Waals surface area contributed by atoms with Crippen LogP contribution in [0.4, 0.5) is 0 Å². The quantitative estimate of drug-likeness (QED) is 0.0222. The number of carbonyl (C=O) groups is 4. The Labute approximate surface area is 517 Å². The summed E-state index contributed by atoms with van der Waals surface area (Å²) in [5.41, 5.74) is 0. The fourth-order valence-electron chi connectivity index (χ4n) is 9.88. The summed E-state index contributed by atoms with van der Waals surface area (Å²) in [6.07, 6.45) is 42.4. The number of esters is 4. The molecule has 0 heterocycles. The van der Waals surface area contributed by atoms with Gasteiger partial charge in [-0.2, -0.15) is 0 Å². The number of hydrogen-bond acceptors (Lipinski definition) is 15. The minimum Gasteiger partial charge on any atom is -0.462 e. The van der Waals surface area contributed by atoms with E-state index in [4.69, 9.17) is 37.0 Å². The Kier molecular flexibility index (Phi) is 57.1. The molecule has 0 saturated heterocycles. The molecule has 504 valence electrons. The highest BCUT2D eigenvalue weighted by atomic mass is 31.2. The third-order valence-electron chi connectivity index (χ3n) is 15.2. The van der Waals surface area contributed by atoms with Gasteiger partial charge in [0.05, 0.1) is 26.4 Å². The Morgan fingerprint density at radius 3 is 0.800 bits per heavy atom. The van der Waals surface area contributed by atoms with Crippen LogP contribution in [0.3, 0.4) is 0 Å². The fraction of sp³-hybridized carbons (Fsp3) is 0.939. The van der Waals surface area contributed by atoms with Gasteiger partial charge < -0.3 is 33.8 Å². The number of unbranched alkanes of at least 4 members (excludes halogenated alkanes) is 35. The van der Waals surface area contributed by atoms with Crippen molar-refractivity contribution in [2.75, 3.05) is 39.6 Å². The Hall–Kier alpha value is -1.94. The number of carbonyl (C=O) groups excluding carboxylic acids is 4. The van der Waals surface area contributed by atoms with Crippen molar-refractivity contribution >= 4 is 39.5 Å². The molecule has 0 aromatic carbocycles. The van der Waals surface area contributed by atoms with Crippen LogP contribution in [0, 0.1) is 11.8 Å². The lowest BCUT2D eigenvalue weighted by Crippen LogP contribution is -2.30. The molecule has 0 fully saturated rings. The van der Waals surface area contributed by atoms with Crippen molar-refractivity contribution in [1.82, 2.24) is 0 Å². The van der Waals surface area contributed by atoms with E-state index >= 15 is 0 Å². The van der Waals surface area contributed by atoms with Gasteiger partial charge in [0.25, 0.3) is 0 Å². The molecule has 85 heavy (non-hydrogen) atoms. The van der Waals surface area contributed by atoms with E-state index in [1.807, 2.05) is 0 Å². The van der Waals surface area contributed by atoms with E-state index < -0.39 is 97.5 Å². The Morgan fingerprint density at radius 1 is 0.318 bits per heavy atom. The molecular weight excluding hydrogens is 1130 g/mol. The summed E-state index contributed by atoms with van der Waals surface area (Å²) in [7, 11) is -9.88. The first kappa shape index (κ1) is 83.1. The molecule has 0 rings (SSSR count). The van der Waals surface area contributed by atoms with Gasteiger partial charge >= 0.3 is 39.5 Å². The van der Waals surface area contributed by atoms with Crippen LogP contribution in [0.25, 0.3) is 0 Å². The predicted molar refractivity (Wildman–Crippen MR) is 340 cm³/mol. The van der Waals surface area contributed by atoms with Crippen molar-refractivity contribution in [3.05, 3.63) is 0 Å². The van der Waals surface area contributed by atoms with E-state index in [1.165, 1.54) is 141 Å².